The lowest BCUT2D eigenvalue weighted by Crippen LogP contribution is -2.27. The molecular formula is C22H21FN4O2. The maximum Gasteiger partial charge on any atom is 0.244 e. The molecule has 6 nitrogen and oxygen atoms in total. The minimum Gasteiger partial charge on any atom is -0.382 e. The molecule has 1 saturated heterocycles. The first-order valence-corrected chi connectivity index (χ1v) is 9.37. The Morgan fingerprint density at radius 1 is 1.21 bits per heavy atom. The lowest BCUT2D eigenvalue weighted by Gasteiger charge is -2.15. The van der Waals surface area contributed by atoms with Gasteiger partial charge in [0.05, 0.1) is 5.69 Å². The van der Waals surface area contributed by atoms with Gasteiger partial charge in [-0.1, -0.05) is 18.2 Å². The third kappa shape index (κ3) is 5.20. The van der Waals surface area contributed by atoms with Crippen molar-refractivity contribution in [3.05, 3.63) is 65.5 Å². The van der Waals surface area contributed by atoms with Crippen LogP contribution in [0.5, 0.6) is 0 Å². The first-order chi connectivity index (χ1) is 14.1. The monoisotopic (exact) mass is 392 g/mol. The molecule has 148 valence electrons. The van der Waals surface area contributed by atoms with Gasteiger partial charge in [-0.15, -0.1) is 0 Å². The van der Waals surface area contributed by atoms with E-state index in [4.69, 9.17) is 5.26 Å². The van der Waals surface area contributed by atoms with Crippen LogP contribution in [0.4, 0.5) is 15.8 Å². The van der Waals surface area contributed by atoms with Crippen molar-refractivity contribution in [3.63, 3.8) is 0 Å². The third-order valence-corrected chi connectivity index (χ3v) is 4.57. The highest BCUT2D eigenvalue weighted by atomic mass is 19.1. The van der Waals surface area contributed by atoms with Gasteiger partial charge in [0.25, 0.3) is 0 Å². The van der Waals surface area contributed by atoms with Crippen LogP contribution in [0.15, 0.2) is 48.5 Å². The summed E-state index contributed by atoms with van der Waals surface area (Å²) >= 11 is 0. The lowest BCUT2D eigenvalue weighted by atomic mass is 10.2. The van der Waals surface area contributed by atoms with Crippen LogP contribution in [-0.4, -0.2) is 31.4 Å². The summed E-state index contributed by atoms with van der Waals surface area (Å²) in [6.07, 6.45) is 4.60. The Morgan fingerprint density at radius 3 is 2.69 bits per heavy atom. The molecule has 0 aromatic heterocycles. The highest BCUT2D eigenvalue weighted by Gasteiger charge is 2.21. The summed E-state index contributed by atoms with van der Waals surface area (Å²) in [5, 5.41) is 14.6. The Kier molecular flexibility index (Phi) is 6.59. The molecule has 29 heavy (non-hydrogen) atoms. The minimum absolute atomic E-state index is 0.0437. The molecule has 2 aromatic carbocycles. The molecular weight excluding hydrogens is 371 g/mol. The van der Waals surface area contributed by atoms with Crippen LogP contribution in [-0.2, 0) is 9.59 Å². The molecule has 0 spiro atoms. The molecule has 0 saturated carbocycles. The summed E-state index contributed by atoms with van der Waals surface area (Å²) in [6.45, 7) is 1.42. The average molecular weight is 392 g/mol. The maximum absolute atomic E-state index is 13.5. The van der Waals surface area contributed by atoms with Gasteiger partial charge in [0.1, 0.15) is 17.4 Å². The molecule has 1 aliphatic heterocycles. The molecule has 0 bridgehead atoms. The molecule has 2 aromatic rings. The van der Waals surface area contributed by atoms with Crippen molar-refractivity contribution in [1.82, 2.24) is 5.32 Å². The number of nitrogens with zero attached hydrogens (tertiary/aromatic N) is 2. The highest BCUT2D eigenvalue weighted by molar-refractivity contribution is 5.95. The zero-order chi connectivity index (χ0) is 20.6. The van der Waals surface area contributed by atoms with Crippen LogP contribution in [0.1, 0.15) is 24.0 Å². The van der Waals surface area contributed by atoms with E-state index in [0.717, 1.165) is 24.2 Å². The Hall–Kier alpha value is -3.66. The fourth-order valence-electron chi connectivity index (χ4n) is 3.09. The Balaban J connectivity index is 1.45. The molecule has 2 N–H and O–H groups in total. The van der Waals surface area contributed by atoms with E-state index >= 15 is 0 Å². The normalized spacial score (nSPS) is 13.5. The molecule has 0 atom stereocenters. The number of carbonyl (C=O) groups excluding carboxylic acids is 2. The SMILES string of the molecule is N#Cc1c(F)cccc1NCCNC(=O)/C=C/c1ccc(N2CCCC2=O)cc1. The molecule has 0 radical (unpaired) electrons. The van der Waals surface area contributed by atoms with E-state index in [1.54, 1.807) is 17.0 Å². The van der Waals surface area contributed by atoms with Crippen LogP contribution >= 0.6 is 0 Å². The van der Waals surface area contributed by atoms with Crippen molar-refractivity contribution < 1.29 is 14.0 Å². The largest absolute Gasteiger partial charge is 0.382 e. The van der Waals surface area contributed by atoms with E-state index in [1.807, 2.05) is 30.3 Å². The van der Waals surface area contributed by atoms with E-state index < -0.39 is 5.82 Å². The second-order valence-corrected chi connectivity index (χ2v) is 6.57. The van der Waals surface area contributed by atoms with E-state index in [2.05, 4.69) is 10.6 Å². The number of anilines is 2. The van der Waals surface area contributed by atoms with Crippen molar-refractivity contribution in [3.8, 4) is 6.07 Å². The van der Waals surface area contributed by atoms with Crippen LogP contribution < -0.4 is 15.5 Å². The van der Waals surface area contributed by atoms with Gasteiger partial charge in [-0.3, -0.25) is 9.59 Å². The molecule has 7 heteroatoms. The second-order valence-electron chi connectivity index (χ2n) is 6.57. The number of rotatable bonds is 7. The molecule has 0 unspecified atom stereocenters. The Morgan fingerprint density at radius 2 is 2.00 bits per heavy atom. The first kappa shape index (κ1) is 20.1. The molecule has 0 aliphatic carbocycles. The van der Waals surface area contributed by atoms with Gasteiger partial charge in [0, 0.05) is 37.8 Å². The number of carbonyl (C=O) groups is 2. The van der Waals surface area contributed by atoms with E-state index in [9.17, 15) is 14.0 Å². The number of nitrogens with one attached hydrogen (secondary N) is 2. The summed E-state index contributed by atoms with van der Waals surface area (Å²) < 4.78 is 13.5. The van der Waals surface area contributed by atoms with Gasteiger partial charge in [0.15, 0.2) is 0 Å². The zero-order valence-corrected chi connectivity index (χ0v) is 15.8. The van der Waals surface area contributed by atoms with E-state index in [-0.39, 0.29) is 17.4 Å². The Bertz CT molecular complexity index is 964. The smallest absolute Gasteiger partial charge is 0.244 e. The zero-order valence-electron chi connectivity index (χ0n) is 15.8. The van der Waals surface area contributed by atoms with Crippen LogP contribution in [0, 0.1) is 17.1 Å². The van der Waals surface area contributed by atoms with Crippen molar-refractivity contribution in [2.75, 3.05) is 29.9 Å². The summed E-state index contributed by atoms with van der Waals surface area (Å²) in [5.41, 5.74) is 2.08. The van der Waals surface area contributed by atoms with Gasteiger partial charge in [-0.2, -0.15) is 5.26 Å². The highest BCUT2D eigenvalue weighted by Crippen LogP contribution is 2.22. The number of halogens is 1. The average Bonchev–Trinajstić information content (AvgIpc) is 3.16. The number of amides is 2. The molecule has 1 fully saturated rings. The van der Waals surface area contributed by atoms with Crippen LogP contribution in [0.25, 0.3) is 6.08 Å². The van der Waals surface area contributed by atoms with Crippen LogP contribution in [0.2, 0.25) is 0 Å². The molecule has 1 heterocycles. The number of hydrogen-bond donors (Lipinski definition) is 2. The van der Waals surface area contributed by atoms with Crippen LogP contribution in [0.3, 0.4) is 0 Å². The topological polar surface area (TPSA) is 85.2 Å². The van der Waals surface area contributed by atoms with Gasteiger partial charge < -0.3 is 15.5 Å². The summed E-state index contributed by atoms with van der Waals surface area (Å²) in [5.74, 6) is -0.698. The van der Waals surface area contributed by atoms with Gasteiger partial charge in [0.2, 0.25) is 11.8 Å². The van der Waals surface area contributed by atoms with Gasteiger partial charge in [-0.05, 0) is 42.3 Å². The minimum atomic E-state index is -0.579. The Labute approximate surface area is 168 Å². The van der Waals surface area contributed by atoms with Crippen molar-refractivity contribution in [2.45, 2.75) is 12.8 Å². The van der Waals surface area contributed by atoms with E-state index in [1.165, 1.54) is 18.2 Å². The quantitative estimate of drug-likeness (QED) is 0.560. The van der Waals surface area contributed by atoms with Crippen molar-refractivity contribution in [1.29, 1.82) is 5.26 Å². The first-order valence-electron chi connectivity index (χ1n) is 9.37. The number of nitriles is 1. The third-order valence-electron chi connectivity index (χ3n) is 4.57. The molecule has 2 amide bonds. The fraction of sp³-hybridized carbons (Fsp3) is 0.227. The molecule has 1 aliphatic rings. The summed E-state index contributed by atoms with van der Waals surface area (Å²) in [4.78, 5) is 25.5. The standard InChI is InChI=1S/C22H21FN4O2/c23-19-3-1-4-20(18(19)15-24)25-12-13-26-21(28)11-8-16-6-9-17(10-7-16)27-14-2-5-22(27)29/h1,3-4,6-11,25H,2,5,12-14H2,(H,26,28)/b11-8+. The van der Waals surface area contributed by atoms with E-state index in [0.29, 0.717) is 25.2 Å². The summed E-state index contributed by atoms with van der Waals surface area (Å²) in [7, 11) is 0. The predicted molar refractivity (Wildman–Crippen MR) is 110 cm³/mol. The number of hydrogen-bond acceptors (Lipinski definition) is 4. The van der Waals surface area contributed by atoms with Gasteiger partial charge in [-0.25, -0.2) is 4.39 Å². The summed E-state index contributed by atoms with van der Waals surface area (Å²) in [6, 6.07) is 13.6. The fourth-order valence-corrected chi connectivity index (χ4v) is 3.09. The van der Waals surface area contributed by atoms with Crippen molar-refractivity contribution in [2.24, 2.45) is 0 Å². The predicted octanol–water partition coefficient (Wildman–Crippen LogP) is 3.07. The van der Waals surface area contributed by atoms with Crippen molar-refractivity contribution >= 4 is 29.3 Å². The number of benzene rings is 2. The van der Waals surface area contributed by atoms with Gasteiger partial charge >= 0.3 is 0 Å². The lowest BCUT2D eigenvalue weighted by molar-refractivity contribution is -0.117. The second kappa shape index (κ2) is 9.51. The maximum atomic E-state index is 13.5. The molecule has 3 rings (SSSR count).